The molecule has 26 heavy (non-hydrogen) atoms. The van der Waals surface area contributed by atoms with Crippen molar-refractivity contribution in [2.45, 2.75) is 6.54 Å². The first-order valence-electron chi connectivity index (χ1n) is 8.42. The Morgan fingerprint density at radius 1 is 1.19 bits per heavy atom. The Labute approximate surface area is 152 Å². The number of imidazole rings is 1. The molecule has 0 spiro atoms. The molecule has 0 bridgehead atoms. The summed E-state index contributed by atoms with van der Waals surface area (Å²) in [6, 6.07) is 13.1. The Bertz CT molecular complexity index is 954. The molecule has 2 heterocycles. The predicted octanol–water partition coefficient (Wildman–Crippen LogP) is 2.41. The lowest BCUT2D eigenvalue weighted by Crippen LogP contribution is -2.36. The molecule has 2 aromatic heterocycles. The second-order valence-corrected chi connectivity index (χ2v) is 6.45. The van der Waals surface area contributed by atoms with Crippen LogP contribution >= 0.6 is 0 Å². The maximum atomic E-state index is 13.1. The third-order valence-electron chi connectivity index (χ3n) is 4.18. The van der Waals surface area contributed by atoms with E-state index in [1.807, 2.05) is 65.0 Å². The molecular formula is C20H21N5O. The minimum Gasteiger partial charge on any atom is -0.333 e. The molecule has 3 aromatic rings. The Balaban J connectivity index is 1.86. The van der Waals surface area contributed by atoms with Gasteiger partial charge in [0.1, 0.15) is 5.65 Å². The molecule has 1 aromatic carbocycles. The molecule has 1 amide bonds. The zero-order valence-corrected chi connectivity index (χ0v) is 15.0. The molecule has 0 saturated heterocycles. The number of carbonyl (C=O) groups is 1. The Kier molecular flexibility index (Phi) is 5.30. The molecule has 0 aliphatic heterocycles. The van der Waals surface area contributed by atoms with Crippen LogP contribution in [0, 0.1) is 11.3 Å². The Morgan fingerprint density at radius 2 is 2.04 bits per heavy atom. The van der Waals surface area contributed by atoms with Gasteiger partial charge in [0, 0.05) is 43.8 Å². The summed E-state index contributed by atoms with van der Waals surface area (Å²) in [5.74, 6) is -0.0419. The summed E-state index contributed by atoms with van der Waals surface area (Å²) in [5.41, 5.74) is 2.90. The number of nitrogens with zero attached hydrogens (tertiary/aromatic N) is 5. The van der Waals surface area contributed by atoms with Crippen LogP contribution in [-0.2, 0) is 6.54 Å². The second kappa shape index (κ2) is 7.81. The lowest BCUT2D eigenvalue weighted by atomic mass is 10.1. The van der Waals surface area contributed by atoms with Crippen molar-refractivity contribution < 1.29 is 4.79 Å². The monoisotopic (exact) mass is 347 g/mol. The van der Waals surface area contributed by atoms with Gasteiger partial charge in [0.2, 0.25) is 0 Å². The summed E-state index contributed by atoms with van der Waals surface area (Å²) in [4.78, 5) is 21.2. The van der Waals surface area contributed by atoms with Crippen molar-refractivity contribution in [3.8, 4) is 6.07 Å². The number of likely N-dealkylation sites (N-methyl/N-ethyl adjacent to an activating group) is 1. The van der Waals surface area contributed by atoms with E-state index in [4.69, 9.17) is 5.26 Å². The van der Waals surface area contributed by atoms with Crippen LogP contribution in [0.25, 0.3) is 5.65 Å². The summed E-state index contributed by atoms with van der Waals surface area (Å²) in [5, 5.41) is 9.09. The fourth-order valence-electron chi connectivity index (χ4n) is 2.76. The van der Waals surface area contributed by atoms with Gasteiger partial charge in [-0.05, 0) is 43.9 Å². The zero-order valence-electron chi connectivity index (χ0n) is 15.0. The Morgan fingerprint density at radius 3 is 2.81 bits per heavy atom. The van der Waals surface area contributed by atoms with Gasteiger partial charge < -0.3 is 14.2 Å². The predicted molar refractivity (Wildman–Crippen MR) is 99.6 cm³/mol. The molecule has 0 unspecified atom stereocenters. The summed E-state index contributed by atoms with van der Waals surface area (Å²) in [7, 11) is 3.96. The molecule has 0 aliphatic rings. The fourth-order valence-corrected chi connectivity index (χ4v) is 2.76. The average molecular weight is 347 g/mol. The zero-order chi connectivity index (χ0) is 18.5. The lowest BCUT2D eigenvalue weighted by Gasteiger charge is -2.25. The second-order valence-electron chi connectivity index (χ2n) is 6.45. The van der Waals surface area contributed by atoms with Crippen LogP contribution in [0.4, 0.5) is 0 Å². The number of nitriles is 1. The number of fused-ring (bicyclic) bond motifs is 1. The van der Waals surface area contributed by atoms with Crippen LogP contribution in [0.2, 0.25) is 0 Å². The highest BCUT2D eigenvalue weighted by Crippen LogP contribution is 2.13. The van der Waals surface area contributed by atoms with Crippen LogP contribution in [-0.4, -0.2) is 52.3 Å². The minimum atomic E-state index is -0.0419. The highest BCUT2D eigenvalue weighted by molar-refractivity contribution is 5.95. The van der Waals surface area contributed by atoms with E-state index in [9.17, 15) is 4.79 Å². The molecule has 0 aliphatic carbocycles. The van der Waals surface area contributed by atoms with Crippen LogP contribution < -0.4 is 0 Å². The number of hydrogen-bond acceptors (Lipinski definition) is 4. The van der Waals surface area contributed by atoms with Crippen molar-refractivity contribution in [3.63, 3.8) is 0 Å². The van der Waals surface area contributed by atoms with Gasteiger partial charge in [0.25, 0.3) is 5.91 Å². The number of amides is 1. The third kappa shape index (κ3) is 4.08. The number of rotatable bonds is 6. The third-order valence-corrected chi connectivity index (χ3v) is 4.18. The highest BCUT2D eigenvalue weighted by Gasteiger charge is 2.17. The first-order chi connectivity index (χ1) is 12.6. The summed E-state index contributed by atoms with van der Waals surface area (Å²) in [6.07, 6.45) is 5.40. The van der Waals surface area contributed by atoms with Gasteiger partial charge in [0.15, 0.2) is 0 Å². The first-order valence-corrected chi connectivity index (χ1v) is 8.42. The van der Waals surface area contributed by atoms with E-state index >= 15 is 0 Å². The fraction of sp³-hybridized carbons (Fsp3) is 0.250. The van der Waals surface area contributed by atoms with Gasteiger partial charge >= 0.3 is 0 Å². The van der Waals surface area contributed by atoms with Gasteiger partial charge in [-0.15, -0.1) is 0 Å². The van der Waals surface area contributed by atoms with E-state index in [0.29, 0.717) is 24.2 Å². The lowest BCUT2D eigenvalue weighted by molar-refractivity contribution is 0.0732. The molecule has 3 rings (SSSR count). The quantitative estimate of drug-likeness (QED) is 0.687. The van der Waals surface area contributed by atoms with Crippen molar-refractivity contribution in [1.82, 2.24) is 19.2 Å². The van der Waals surface area contributed by atoms with Crippen LogP contribution in [0.1, 0.15) is 21.5 Å². The summed E-state index contributed by atoms with van der Waals surface area (Å²) >= 11 is 0. The molecule has 6 heteroatoms. The van der Waals surface area contributed by atoms with Crippen LogP contribution in [0.3, 0.4) is 0 Å². The maximum absolute atomic E-state index is 13.1. The molecule has 0 atom stereocenters. The van der Waals surface area contributed by atoms with Crippen molar-refractivity contribution in [1.29, 1.82) is 5.26 Å². The van der Waals surface area contributed by atoms with Crippen molar-refractivity contribution >= 4 is 11.6 Å². The normalized spacial score (nSPS) is 10.8. The average Bonchev–Trinajstić information content (AvgIpc) is 3.12. The summed E-state index contributed by atoms with van der Waals surface area (Å²) < 4.78 is 1.87. The molecule has 0 saturated carbocycles. The smallest absolute Gasteiger partial charge is 0.254 e. The molecule has 6 nitrogen and oxygen atoms in total. The minimum absolute atomic E-state index is 0.0419. The van der Waals surface area contributed by atoms with Gasteiger partial charge in [0.05, 0.1) is 11.6 Å². The molecule has 0 radical (unpaired) electrons. The molecule has 0 fully saturated rings. The van der Waals surface area contributed by atoms with Crippen LogP contribution in [0.5, 0.6) is 0 Å². The van der Waals surface area contributed by atoms with E-state index in [2.05, 4.69) is 11.1 Å². The van der Waals surface area contributed by atoms with Crippen molar-refractivity contribution in [2.75, 3.05) is 27.2 Å². The van der Waals surface area contributed by atoms with Crippen molar-refractivity contribution in [2.24, 2.45) is 0 Å². The maximum Gasteiger partial charge on any atom is 0.254 e. The number of pyridine rings is 1. The number of aromatic nitrogens is 2. The van der Waals surface area contributed by atoms with Gasteiger partial charge in [-0.2, -0.15) is 5.26 Å². The molecular weight excluding hydrogens is 326 g/mol. The number of hydrogen-bond donors (Lipinski definition) is 0. The van der Waals surface area contributed by atoms with E-state index in [1.165, 1.54) is 0 Å². The van der Waals surface area contributed by atoms with E-state index in [0.717, 1.165) is 17.8 Å². The molecule has 0 N–H and O–H groups in total. The van der Waals surface area contributed by atoms with Gasteiger partial charge in [-0.3, -0.25) is 4.79 Å². The summed E-state index contributed by atoms with van der Waals surface area (Å²) in [6.45, 7) is 1.82. The van der Waals surface area contributed by atoms with Crippen molar-refractivity contribution in [3.05, 3.63) is 71.7 Å². The van der Waals surface area contributed by atoms with E-state index in [-0.39, 0.29) is 5.91 Å². The Hall–Kier alpha value is -3.17. The largest absolute Gasteiger partial charge is 0.333 e. The van der Waals surface area contributed by atoms with Gasteiger partial charge in [-0.1, -0.05) is 12.1 Å². The van der Waals surface area contributed by atoms with E-state index in [1.54, 1.807) is 18.3 Å². The first kappa shape index (κ1) is 17.6. The standard InChI is InChI=1S/C20H21N5O/c1-23(2)10-11-25(15-17-5-3-4-16(12-17)14-21)20(26)18-6-8-24-9-7-22-19(24)13-18/h3-9,12-13H,10-11,15H2,1-2H3. The SMILES string of the molecule is CN(C)CCN(Cc1cccc(C#N)c1)C(=O)c1ccn2ccnc2c1. The topological polar surface area (TPSA) is 64.6 Å². The number of carbonyl (C=O) groups excluding carboxylic acids is 1. The van der Waals surface area contributed by atoms with Gasteiger partial charge in [-0.25, -0.2) is 4.98 Å². The highest BCUT2D eigenvalue weighted by atomic mass is 16.2. The van der Waals surface area contributed by atoms with Crippen LogP contribution in [0.15, 0.2) is 55.0 Å². The molecule has 132 valence electrons. The number of benzene rings is 1. The van der Waals surface area contributed by atoms with E-state index < -0.39 is 0 Å².